The highest BCUT2D eigenvalue weighted by molar-refractivity contribution is 7.17. The van der Waals surface area contributed by atoms with E-state index in [-0.39, 0.29) is 23.5 Å². The monoisotopic (exact) mass is 418 g/mol. The van der Waals surface area contributed by atoms with Crippen LogP contribution in [0.1, 0.15) is 11.3 Å². The first-order valence-electron chi connectivity index (χ1n) is 9.22. The van der Waals surface area contributed by atoms with Gasteiger partial charge in [0.25, 0.3) is 11.1 Å². The minimum Gasteiger partial charge on any atom is -0.293 e. The van der Waals surface area contributed by atoms with E-state index in [1.807, 2.05) is 18.4 Å². The van der Waals surface area contributed by atoms with Crippen LogP contribution in [0, 0.1) is 12.7 Å². The molecule has 0 radical (unpaired) electrons. The van der Waals surface area contributed by atoms with E-state index in [2.05, 4.69) is 9.97 Å². The number of hydrogen-bond acceptors (Lipinski definition) is 5. The molecule has 0 N–H and O–H groups in total. The van der Waals surface area contributed by atoms with Gasteiger partial charge in [0.05, 0.1) is 24.0 Å². The fourth-order valence-electron chi connectivity index (χ4n) is 3.49. The molecule has 0 fully saturated rings. The van der Waals surface area contributed by atoms with E-state index in [1.165, 1.54) is 44.8 Å². The second kappa shape index (κ2) is 7.00. The van der Waals surface area contributed by atoms with Gasteiger partial charge in [-0.25, -0.2) is 14.4 Å². The van der Waals surface area contributed by atoms with E-state index in [1.54, 1.807) is 24.4 Å². The van der Waals surface area contributed by atoms with Crippen molar-refractivity contribution in [1.82, 2.24) is 18.9 Å². The van der Waals surface area contributed by atoms with E-state index in [0.29, 0.717) is 27.1 Å². The maximum absolute atomic E-state index is 13.3. The number of thiophene rings is 1. The van der Waals surface area contributed by atoms with Gasteiger partial charge in [0.15, 0.2) is 0 Å². The summed E-state index contributed by atoms with van der Waals surface area (Å²) in [6.07, 6.45) is 3.14. The highest BCUT2D eigenvalue weighted by Gasteiger charge is 2.14. The summed E-state index contributed by atoms with van der Waals surface area (Å²) in [5.41, 5.74) is 2.94. The average molecular weight is 418 g/mol. The third kappa shape index (κ3) is 3.02. The van der Waals surface area contributed by atoms with Gasteiger partial charge in [0, 0.05) is 23.2 Å². The Balaban J connectivity index is 1.63. The number of fused-ring (bicyclic) bond motifs is 2. The molecule has 0 saturated heterocycles. The second-order valence-corrected chi connectivity index (χ2v) is 7.84. The van der Waals surface area contributed by atoms with E-state index >= 15 is 0 Å². The van der Waals surface area contributed by atoms with Crippen molar-refractivity contribution in [2.75, 3.05) is 0 Å². The van der Waals surface area contributed by atoms with Crippen molar-refractivity contribution in [3.05, 3.63) is 98.2 Å². The van der Waals surface area contributed by atoms with Crippen LogP contribution in [0.15, 0.2) is 70.0 Å². The highest BCUT2D eigenvalue weighted by atomic mass is 32.1. The lowest BCUT2D eigenvalue weighted by molar-refractivity contribution is 0.628. The Morgan fingerprint density at radius 2 is 1.93 bits per heavy atom. The second-order valence-electron chi connectivity index (χ2n) is 6.98. The molecule has 4 heterocycles. The molecule has 1 aromatic carbocycles. The van der Waals surface area contributed by atoms with E-state index < -0.39 is 0 Å². The lowest BCUT2D eigenvalue weighted by Crippen LogP contribution is -2.23. The fraction of sp³-hybridized carbons (Fsp3) is 0.0909. The molecule has 0 unspecified atom stereocenters. The van der Waals surface area contributed by atoms with E-state index in [9.17, 15) is 14.0 Å². The lowest BCUT2D eigenvalue weighted by atomic mass is 10.1. The third-order valence-electron chi connectivity index (χ3n) is 4.99. The first kappa shape index (κ1) is 18.4. The molecule has 0 saturated carbocycles. The number of pyridine rings is 1. The molecule has 30 heavy (non-hydrogen) atoms. The Labute approximate surface area is 173 Å². The summed E-state index contributed by atoms with van der Waals surface area (Å²) in [4.78, 5) is 35.2. The SMILES string of the molecule is Cc1cccn2c(=O)cc(Cn3cnc4scc(-c5ccc(F)cc5)c4c3=O)nc12. The summed E-state index contributed by atoms with van der Waals surface area (Å²) in [6.45, 7) is 2.01. The molecule has 8 heteroatoms. The molecule has 0 aliphatic rings. The van der Waals surface area contributed by atoms with Crippen molar-refractivity contribution >= 4 is 27.2 Å². The fourth-order valence-corrected chi connectivity index (χ4v) is 4.39. The van der Waals surface area contributed by atoms with Gasteiger partial charge >= 0.3 is 0 Å². The van der Waals surface area contributed by atoms with Crippen molar-refractivity contribution in [3.63, 3.8) is 0 Å². The molecule has 0 aliphatic heterocycles. The predicted molar refractivity (Wildman–Crippen MR) is 115 cm³/mol. The van der Waals surface area contributed by atoms with Gasteiger partial charge in [0.1, 0.15) is 16.3 Å². The Kier molecular flexibility index (Phi) is 4.29. The topological polar surface area (TPSA) is 69.3 Å². The summed E-state index contributed by atoms with van der Waals surface area (Å²) in [6, 6.07) is 11.1. The van der Waals surface area contributed by atoms with Crippen molar-refractivity contribution in [3.8, 4) is 11.1 Å². The maximum Gasteiger partial charge on any atom is 0.263 e. The van der Waals surface area contributed by atoms with Gasteiger partial charge in [-0.3, -0.25) is 18.6 Å². The number of hydrogen-bond donors (Lipinski definition) is 0. The molecule has 148 valence electrons. The van der Waals surface area contributed by atoms with Gasteiger partial charge < -0.3 is 0 Å². The van der Waals surface area contributed by atoms with Crippen molar-refractivity contribution in [1.29, 1.82) is 0 Å². The minimum atomic E-state index is -0.335. The standard InChI is InChI=1S/C22H15FN4O2S/c1-13-3-2-8-27-18(28)9-16(25-20(13)27)10-26-12-24-21-19(22(26)29)17(11-30-21)14-4-6-15(23)7-5-14/h2-9,11-12H,10H2,1H3. The molecular weight excluding hydrogens is 403 g/mol. The molecule has 0 bridgehead atoms. The van der Waals surface area contributed by atoms with Crippen LogP contribution in [-0.2, 0) is 6.54 Å². The molecule has 6 nitrogen and oxygen atoms in total. The predicted octanol–water partition coefficient (Wildman–Crippen LogP) is 3.63. The number of nitrogens with zero attached hydrogens (tertiary/aromatic N) is 4. The average Bonchev–Trinajstić information content (AvgIpc) is 3.16. The Bertz CT molecular complexity index is 1530. The number of benzene rings is 1. The molecule has 0 atom stereocenters. The first-order chi connectivity index (χ1) is 14.5. The number of aryl methyl sites for hydroxylation is 1. The van der Waals surface area contributed by atoms with E-state index in [0.717, 1.165) is 11.1 Å². The largest absolute Gasteiger partial charge is 0.293 e. The van der Waals surface area contributed by atoms with Crippen LogP contribution < -0.4 is 11.1 Å². The summed E-state index contributed by atoms with van der Waals surface area (Å²) < 4.78 is 16.2. The zero-order valence-corrected chi connectivity index (χ0v) is 16.7. The third-order valence-corrected chi connectivity index (χ3v) is 5.87. The van der Waals surface area contributed by atoms with Crippen LogP contribution in [0.5, 0.6) is 0 Å². The summed E-state index contributed by atoms with van der Waals surface area (Å²) in [7, 11) is 0. The Hall–Kier alpha value is -3.65. The highest BCUT2D eigenvalue weighted by Crippen LogP contribution is 2.30. The number of aromatic nitrogens is 4. The first-order valence-corrected chi connectivity index (χ1v) is 10.1. The van der Waals surface area contributed by atoms with Crippen LogP contribution in [0.3, 0.4) is 0 Å². The zero-order valence-electron chi connectivity index (χ0n) is 15.9. The normalized spacial score (nSPS) is 11.4. The molecule has 5 rings (SSSR count). The van der Waals surface area contributed by atoms with Crippen molar-refractivity contribution < 1.29 is 4.39 Å². The summed E-state index contributed by atoms with van der Waals surface area (Å²) >= 11 is 1.36. The Morgan fingerprint density at radius 1 is 1.13 bits per heavy atom. The van der Waals surface area contributed by atoms with Crippen LogP contribution in [0.2, 0.25) is 0 Å². The summed E-state index contributed by atoms with van der Waals surface area (Å²) in [5, 5.41) is 2.32. The van der Waals surface area contributed by atoms with Crippen LogP contribution in [-0.4, -0.2) is 18.9 Å². The molecule has 4 aromatic heterocycles. The lowest BCUT2D eigenvalue weighted by Gasteiger charge is -2.08. The molecule has 0 spiro atoms. The summed E-state index contributed by atoms with van der Waals surface area (Å²) in [5.74, 6) is -0.335. The van der Waals surface area contributed by atoms with Crippen molar-refractivity contribution in [2.24, 2.45) is 0 Å². The van der Waals surface area contributed by atoms with Gasteiger partial charge in [-0.05, 0) is 36.2 Å². The van der Waals surface area contributed by atoms with Crippen LogP contribution >= 0.6 is 11.3 Å². The number of halogens is 1. The molecule has 0 amide bonds. The van der Waals surface area contributed by atoms with Gasteiger partial charge in [-0.15, -0.1) is 11.3 Å². The molecule has 0 aliphatic carbocycles. The molecule has 5 aromatic rings. The smallest absolute Gasteiger partial charge is 0.263 e. The van der Waals surface area contributed by atoms with E-state index in [4.69, 9.17) is 0 Å². The van der Waals surface area contributed by atoms with Crippen LogP contribution in [0.4, 0.5) is 4.39 Å². The van der Waals surface area contributed by atoms with Crippen LogP contribution in [0.25, 0.3) is 27.0 Å². The number of rotatable bonds is 3. The minimum absolute atomic E-state index is 0.126. The van der Waals surface area contributed by atoms with Crippen molar-refractivity contribution in [2.45, 2.75) is 13.5 Å². The van der Waals surface area contributed by atoms with Gasteiger partial charge in [-0.1, -0.05) is 18.2 Å². The Morgan fingerprint density at radius 3 is 2.73 bits per heavy atom. The zero-order chi connectivity index (χ0) is 20.8. The van der Waals surface area contributed by atoms with Gasteiger partial charge in [0.2, 0.25) is 0 Å². The molecular formula is C22H15FN4O2S. The maximum atomic E-state index is 13.3. The quantitative estimate of drug-likeness (QED) is 0.449. The van der Waals surface area contributed by atoms with Gasteiger partial charge in [-0.2, -0.15) is 0 Å².